The zero-order valence-corrected chi connectivity index (χ0v) is 16.7. The number of aromatic nitrogens is 1. The van der Waals surface area contributed by atoms with Gasteiger partial charge in [0, 0.05) is 28.0 Å². The van der Waals surface area contributed by atoms with Gasteiger partial charge < -0.3 is 14.8 Å². The number of phenolic OH excluding ortho intramolecular Hbond substituents is 1. The highest BCUT2D eigenvalue weighted by Gasteiger charge is 2.29. The average Bonchev–Trinajstić information content (AvgIpc) is 3.05. The van der Waals surface area contributed by atoms with Gasteiger partial charge in [-0.2, -0.15) is 4.72 Å². The van der Waals surface area contributed by atoms with Gasteiger partial charge in [0.1, 0.15) is 16.7 Å². The van der Waals surface area contributed by atoms with Crippen LogP contribution in [0.15, 0.2) is 58.0 Å². The molecule has 7 nitrogen and oxygen atoms in total. The molecule has 0 amide bonds. The summed E-state index contributed by atoms with van der Waals surface area (Å²) in [5.74, 6) is -1.14. The number of carbonyl (C=O) groups is 1. The minimum absolute atomic E-state index is 0.0880. The van der Waals surface area contributed by atoms with E-state index in [-0.39, 0.29) is 11.3 Å². The number of sulfonamides is 1. The number of rotatable bonds is 6. The summed E-state index contributed by atoms with van der Waals surface area (Å²) in [4.78, 5) is 15.0. The molecule has 1 aromatic heterocycles. The summed E-state index contributed by atoms with van der Waals surface area (Å²) < 4.78 is 33.0. The second-order valence-electron chi connectivity index (χ2n) is 5.87. The minimum atomic E-state index is -4.17. The van der Waals surface area contributed by atoms with Crippen LogP contribution in [0, 0.1) is 0 Å². The molecule has 0 aliphatic heterocycles. The molecule has 1 heterocycles. The fraction of sp³-hybridized carbons (Fsp3) is 0.167. The van der Waals surface area contributed by atoms with E-state index in [1.54, 1.807) is 6.20 Å². The molecule has 3 aromatic rings. The van der Waals surface area contributed by atoms with E-state index >= 15 is 0 Å². The van der Waals surface area contributed by atoms with Crippen LogP contribution in [0.25, 0.3) is 10.9 Å². The van der Waals surface area contributed by atoms with Crippen LogP contribution in [0.3, 0.4) is 0 Å². The van der Waals surface area contributed by atoms with Crippen molar-refractivity contribution >= 4 is 42.8 Å². The van der Waals surface area contributed by atoms with Gasteiger partial charge in [-0.05, 0) is 29.8 Å². The molecule has 0 aliphatic carbocycles. The Morgan fingerprint density at radius 1 is 1.30 bits per heavy atom. The first-order valence-electron chi connectivity index (χ1n) is 7.95. The number of para-hydroxylation sites is 1. The Labute approximate surface area is 164 Å². The van der Waals surface area contributed by atoms with Crippen molar-refractivity contribution in [3.05, 3.63) is 58.7 Å². The van der Waals surface area contributed by atoms with Crippen molar-refractivity contribution < 1.29 is 23.1 Å². The lowest BCUT2D eigenvalue weighted by Gasteiger charge is -2.17. The van der Waals surface area contributed by atoms with Gasteiger partial charge in [0.15, 0.2) is 0 Å². The Balaban J connectivity index is 1.93. The third-order valence-electron chi connectivity index (χ3n) is 4.09. The third-order valence-corrected chi connectivity index (χ3v) is 6.09. The normalized spacial score (nSPS) is 12.8. The lowest BCUT2D eigenvalue weighted by atomic mass is 10.1. The minimum Gasteiger partial charge on any atom is -0.507 e. The average molecular weight is 453 g/mol. The van der Waals surface area contributed by atoms with Gasteiger partial charge >= 0.3 is 5.97 Å². The number of hydrogen-bond acceptors (Lipinski definition) is 5. The van der Waals surface area contributed by atoms with Gasteiger partial charge in [-0.3, -0.25) is 4.79 Å². The summed E-state index contributed by atoms with van der Waals surface area (Å²) in [6.07, 6.45) is 1.82. The second kappa shape index (κ2) is 7.71. The molecular weight excluding hydrogens is 436 g/mol. The number of esters is 1. The number of aromatic hydroxyl groups is 1. The Morgan fingerprint density at radius 3 is 2.78 bits per heavy atom. The van der Waals surface area contributed by atoms with Gasteiger partial charge in [-0.25, -0.2) is 8.42 Å². The fourth-order valence-electron chi connectivity index (χ4n) is 2.79. The van der Waals surface area contributed by atoms with Crippen molar-refractivity contribution in [1.82, 2.24) is 9.71 Å². The lowest BCUT2D eigenvalue weighted by molar-refractivity contribution is -0.142. The van der Waals surface area contributed by atoms with E-state index in [1.807, 2.05) is 24.3 Å². The smallest absolute Gasteiger partial charge is 0.324 e. The van der Waals surface area contributed by atoms with E-state index in [1.165, 1.54) is 25.3 Å². The number of methoxy groups -OCH3 is 1. The Morgan fingerprint density at radius 2 is 2.04 bits per heavy atom. The van der Waals surface area contributed by atoms with Crippen molar-refractivity contribution in [1.29, 1.82) is 0 Å². The summed E-state index contributed by atoms with van der Waals surface area (Å²) in [5.41, 5.74) is 1.64. The maximum absolute atomic E-state index is 12.7. The van der Waals surface area contributed by atoms with Crippen LogP contribution in [0.4, 0.5) is 0 Å². The van der Waals surface area contributed by atoms with E-state index in [0.29, 0.717) is 4.47 Å². The molecule has 0 bridgehead atoms. The predicted octanol–water partition coefficient (Wildman–Crippen LogP) is 2.70. The first-order chi connectivity index (χ1) is 12.8. The molecule has 0 aliphatic rings. The zero-order chi connectivity index (χ0) is 19.6. The quantitative estimate of drug-likeness (QED) is 0.498. The van der Waals surface area contributed by atoms with E-state index in [9.17, 15) is 18.3 Å². The van der Waals surface area contributed by atoms with E-state index < -0.39 is 27.8 Å². The number of fused-ring (bicyclic) bond motifs is 1. The number of carbonyl (C=O) groups excluding carboxylic acids is 1. The molecule has 0 fully saturated rings. The van der Waals surface area contributed by atoms with Crippen molar-refractivity contribution in [3.63, 3.8) is 0 Å². The maximum Gasteiger partial charge on any atom is 0.324 e. The Kier molecular flexibility index (Phi) is 5.54. The molecule has 0 saturated heterocycles. The molecule has 0 unspecified atom stereocenters. The predicted molar refractivity (Wildman–Crippen MR) is 104 cm³/mol. The number of nitrogens with one attached hydrogen (secondary N) is 2. The largest absolute Gasteiger partial charge is 0.507 e. The van der Waals surface area contributed by atoms with Crippen LogP contribution in [0.1, 0.15) is 5.56 Å². The first kappa shape index (κ1) is 19.4. The molecule has 142 valence electrons. The molecule has 0 saturated carbocycles. The molecule has 27 heavy (non-hydrogen) atoms. The number of phenols is 1. The number of aromatic amines is 1. The molecule has 3 rings (SSSR count). The summed E-state index contributed by atoms with van der Waals surface area (Å²) in [7, 11) is -2.98. The van der Waals surface area contributed by atoms with E-state index in [2.05, 4.69) is 25.6 Å². The van der Waals surface area contributed by atoms with Crippen LogP contribution in [-0.4, -0.2) is 37.6 Å². The van der Waals surface area contributed by atoms with Crippen LogP contribution in [0.5, 0.6) is 5.75 Å². The van der Waals surface area contributed by atoms with Crippen molar-refractivity contribution in [2.24, 2.45) is 0 Å². The summed E-state index contributed by atoms with van der Waals surface area (Å²) in [6.45, 7) is 0. The lowest BCUT2D eigenvalue weighted by Crippen LogP contribution is -2.43. The first-order valence-corrected chi connectivity index (χ1v) is 10.2. The zero-order valence-electron chi connectivity index (χ0n) is 14.3. The standard InChI is InChI=1S/C18H17BrN2O5S/c1-26-18(23)15(8-11-10-20-14-5-3-2-4-13(11)14)21-27(24,25)17-9-12(19)6-7-16(17)22/h2-7,9-10,15,20-22H,8H2,1H3/t15-/m1/s1. The van der Waals surface area contributed by atoms with Gasteiger partial charge in [0.05, 0.1) is 7.11 Å². The highest BCUT2D eigenvalue weighted by molar-refractivity contribution is 9.10. The molecule has 1 atom stereocenters. The third kappa shape index (κ3) is 4.15. The SMILES string of the molecule is COC(=O)[C@@H](Cc1c[nH]c2ccccc12)NS(=O)(=O)c1cc(Br)ccc1O. The Hall–Kier alpha value is -2.36. The molecule has 0 radical (unpaired) electrons. The summed E-state index contributed by atoms with van der Waals surface area (Å²) >= 11 is 3.17. The number of halogens is 1. The van der Waals surface area contributed by atoms with Crippen molar-refractivity contribution in [2.45, 2.75) is 17.4 Å². The molecule has 2 aromatic carbocycles. The molecule has 9 heteroatoms. The monoisotopic (exact) mass is 452 g/mol. The summed E-state index contributed by atoms with van der Waals surface area (Å²) in [5, 5.41) is 10.8. The number of H-pyrrole nitrogens is 1. The number of benzene rings is 2. The fourth-order valence-corrected chi connectivity index (χ4v) is 4.61. The Bertz CT molecular complexity index is 1090. The molecule has 0 spiro atoms. The summed E-state index contributed by atoms with van der Waals surface area (Å²) in [6, 6.07) is 10.4. The number of ether oxygens (including phenoxy) is 1. The van der Waals surface area contributed by atoms with Crippen LogP contribution in [-0.2, 0) is 26.0 Å². The van der Waals surface area contributed by atoms with Gasteiger partial charge in [0.2, 0.25) is 10.0 Å². The van der Waals surface area contributed by atoms with Gasteiger partial charge in [-0.1, -0.05) is 34.1 Å². The molecule has 3 N–H and O–H groups in total. The van der Waals surface area contributed by atoms with Crippen molar-refractivity contribution in [2.75, 3.05) is 7.11 Å². The molecular formula is C18H17BrN2O5S. The van der Waals surface area contributed by atoms with Crippen LogP contribution >= 0.6 is 15.9 Å². The van der Waals surface area contributed by atoms with Gasteiger partial charge in [0.25, 0.3) is 0 Å². The maximum atomic E-state index is 12.7. The van der Waals surface area contributed by atoms with Crippen LogP contribution in [0.2, 0.25) is 0 Å². The van der Waals surface area contributed by atoms with Gasteiger partial charge in [-0.15, -0.1) is 0 Å². The van der Waals surface area contributed by atoms with Crippen LogP contribution < -0.4 is 4.72 Å². The second-order valence-corrected chi connectivity index (χ2v) is 8.47. The van der Waals surface area contributed by atoms with Crippen molar-refractivity contribution in [3.8, 4) is 5.75 Å². The van der Waals surface area contributed by atoms with E-state index in [4.69, 9.17) is 4.74 Å². The van der Waals surface area contributed by atoms with E-state index in [0.717, 1.165) is 16.5 Å². The number of hydrogen-bond donors (Lipinski definition) is 3. The highest BCUT2D eigenvalue weighted by atomic mass is 79.9. The topological polar surface area (TPSA) is 108 Å². The highest BCUT2D eigenvalue weighted by Crippen LogP contribution is 2.27.